The van der Waals surface area contributed by atoms with Crippen LogP contribution in [0.2, 0.25) is 0 Å². The SMILES string of the molecule is CC(=O)N(O)C(C)/C=C/c1cccc(NS(=O)(=O)c2ccc(F)cc2)c1. The predicted octanol–water partition coefficient (Wildman–Crippen LogP) is 3.27. The minimum absolute atomic E-state index is 0.0501. The van der Waals surface area contributed by atoms with E-state index in [0.717, 1.165) is 12.1 Å². The first-order valence-corrected chi connectivity index (χ1v) is 9.23. The van der Waals surface area contributed by atoms with Gasteiger partial charge < -0.3 is 0 Å². The molecular formula is C18H19FN2O4S. The number of hydrogen-bond donors (Lipinski definition) is 2. The van der Waals surface area contributed by atoms with Crippen molar-refractivity contribution < 1.29 is 22.8 Å². The molecule has 2 N–H and O–H groups in total. The van der Waals surface area contributed by atoms with Crippen LogP contribution in [0.1, 0.15) is 19.4 Å². The van der Waals surface area contributed by atoms with Crippen molar-refractivity contribution in [2.75, 3.05) is 4.72 Å². The molecule has 0 saturated heterocycles. The highest BCUT2D eigenvalue weighted by Gasteiger charge is 2.14. The smallest absolute Gasteiger partial charge is 0.261 e. The summed E-state index contributed by atoms with van der Waals surface area (Å²) in [7, 11) is -3.84. The fourth-order valence-corrected chi connectivity index (χ4v) is 3.20. The number of benzene rings is 2. The second kappa shape index (κ2) is 8.11. The molecule has 1 atom stereocenters. The number of nitrogens with one attached hydrogen (secondary N) is 1. The average molecular weight is 378 g/mol. The van der Waals surface area contributed by atoms with Crippen LogP contribution < -0.4 is 4.72 Å². The van der Waals surface area contributed by atoms with E-state index in [9.17, 15) is 22.8 Å². The van der Waals surface area contributed by atoms with Crippen LogP contribution in [-0.4, -0.2) is 30.6 Å². The van der Waals surface area contributed by atoms with Gasteiger partial charge in [0.15, 0.2) is 0 Å². The lowest BCUT2D eigenvalue weighted by Gasteiger charge is -2.17. The summed E-state index contributed by atoms with van der Waals surface area (Å²) < 4.78 is 40.0. The van der Waals surface area contributed by atoms with Gasteiger partial charge in [0.05, 0.1) is 10.9 Å². The van der Waals surface area contributed by atoms with E-state index < -0.39 is 27.8 Å². The van der Waals surface area contributed by atoms with Gasteiger partial charge in [-0.3, -0.25) is 14.7 Å². The fourth-order valence-electron chi connectivity index (χ4n) is 2.15. The zero-order valence-electron chi connectivity index (χ0n) is 14.3. The highest BCUT2D eigenvalue weighted by molar-refractivity contribution is 7.92. The lowest BCUT2D eigenvalue weighted by atomic mass is 10.1. The number of rotatable bonds is 6. The molecule has 138 valence electrons. The highest BCUT2D eigenvalue weighted by Crippen LogP contribution is 2.18. The number of halogens is 1. The summed E-state index contributed by atoms with van der Waals surface area (Å²) in [5, 5.41) is 10.1. The number of sulfonamides is 1. The zero-order chi connectivity index (χ0) is 19.3. The number of carbonyl (C=O) groups excluding carboxylic acids is 1. The van der Waals surface area contributed by atoms with Gasteiger partial charge in [-0.05, 0) is 48.9 Å². The summed E-state index contributed by atoms with van der Waals surface area (Å²) in [5.41, 5.74) is 1.00. The average Bonchev–Trinajstić information content (AvgIpc) is 2.59. The van der Waals surface area contributed by atoms with Crippen LogP contribution >= 0.6 is 0 Å². The number of amides is 1. The third-order valence-corrected chi connectivity index (χ3v) is 4.94. The van der Waals surface area contributed by atoms with Crippen molar-refractivity contribution in [3.05, 3.63) is 66.0 Å². The molecule has 2 aromatic rings. The number of carbonyl (C=O) groups is 1. The Morgan fingerprint density at radius 2 is 1.88 bits per heavy atom. The van der Waals surface area contributed by atoms with E-state index in [4.69, 9.17) is 0 Å². The van der Waals surface area contributed by atoms with Crippen molar-refractivity contribution in [1.29, 1.82) is 0 Å². The van der Waals surface area contributed by atoms with Gasteiger partial charge in [-0.2, -0.15) is 0 Å². The van der Waals surface area contributed by atoms with Gasteiger partial charge in [-0.15, -0.1) is 0 Å². The Hall–Kier alpha value is -2.71. The van der Waals surface area contributed by atoms with E-state index in [-0.39, 0.29) is 4.90 Å². The predicted molar refractivity (Wildman–Crippen MR) is 96.5 cm³/mol. The Bertz CT molecular complexity index is 911. The summed E-state index contributed by atoms with van der Waals surface area (Å²) in [6.07, 6.45) is 3.27. The largest absolute Gasteiger partial charge is 0.285 e. The Labute approximate surface area is 151 Å². The Morgan fingerprint density at radius 1 is 1.23 bits per heavy atom. The monoisotopic (exact) mass is 378 g/mol. The molecule has 0 spiro atoms. The van der Waals surface area contributed by atoms with Gasteiger partial charge in [-0.25, -0.2) is 17.9 Å². The molecule has 0 aliphatic heterocycles. The van der Waals surface area contributed by atoms with Crippen LogP contribution in [0.25, 0.3) is 6.08 Å². The lowest BCUT2D eigenvalue weighted by Crippen LogP contribution is -2.32. The molecule has 0 bridgehead atoms. The molecule has 0 heterocycles. The Balaban J connectivity index is 2.16. The molecule has 1 unspecified atom stereocenters. The van der Waals surface area contributed by atoms with E-state index in [1.807, 2.05) is 0 Å². The maximum absolute atomic E-state index is 12.9. The molecule has 26 heavy (non-hydrogen) atoms. The molecule has 8 heteroatoms. The maximum Gasteiger partial charge on any atom is 0.261 e. The molecule has 0 saturated carbocycles. The third-order valence-electron chi connectivity index (χ3n) is 3.54. The summed E-state index contributed by atoms with van der Waals surface area (Å²) in [6, 6.07) is 10.6. The molecule has 1 amide bonds. The van der Waals surface area contributed by atoms with Crippen molar-refractivity contribution in [3.8, 4) is 0 Å². The molecular weight excluding hydrogens is 359 g/mol. The second-order valence-corrected chi connectivity index (χ2v) is 7.33. The van der Waals surface area contributed by atoms with E-state index in [0.29, 0.717) is 16.3 Å². The van der Waals surface area contributed by atoms with Gasteiger partial charge in [0.1, 0.15) is 5.82 Å². The normalized spacial score (nSPS) is 12.8. The van der Waals surface area contributed by atoms with Crippen molar-refractivity contribution >= 4 is 27.7 Å². The van der Waals surface area contributed by atoms with Crippen LogP contribution in [0.5, 0.6) is 0 Å². The van der Waals surface area contributed by atoms with Gasteiger partial charge >= 0.3 is 0 Å². The lowest BCUT2D eigenvalue weighted by molar-refractivity contribution is -0.167. The quantitative estimate of drug-likeness (QED) is 0.597. The van der Waals surface area contributed by atoms with E-state index in [2.05, 4.69) is 4.72 Å². The number of hydroxylamine groups is 2. The number of nitrogens with zero attached hydrogens (tertiary/aromatic N) is 1. The van der Waals surface area contributed by atoms with Crippen molar-refractivity contribution in [3.63, 3.8) is 0 Å². The van der Waals surface area contributed by atoms with Gasteiger partial charge in [0.25, 0.3) is 10.0 Å². The Kier molecular flexibility index (Phi) is 6.12. The van der Waals surface area contributed by atoms with Crippen LogP contribution in [0, 0.1) is 5.82 Å². The molecule has 0 aliphatic carbocycles. The van der Waals surface area contributed by atoms with Crippen LogP contribution in [0.15, 0.2) is 59.5 Å². The minimum atomic E-state index is -3.84. The van der Waals surface area contributed by atoms with Crippen molar-refractivity contribution in [1.82, 2.24) is 5.06 Å². The molecule has 2 aromatic carbocycles. The van der Waals surface area contributed by atoms with Crippen molar-refractivity contribution in [2.24, 2.45) is 0 Å². The molecule has 0 fully saturated rings. The molecule has 6 nitrogen and oxygen atoms in total. The first kappa shape index (κ1) is 19.6. The molecule has 0 aliphatic rings. The van der Waals surface area contributed by atoms with Gasteiger partial charge in [-0.1, -0.05) is 24.3 Å². The fraction of sp³-hybridized carbons (Fsp3) is 0.167. The van der Waals surface area contributed by atoms with E-state index in [1.165, 1.54) is 19.1 Å². The first-order chi connectivity index (χ1) is 12.2. The zero-order valence-corrected chi connectivity index (χ0v) is 15.1. The number of anilines is 1. The van der Waals surface area contributed by atoms with Crippen molar-refractivity contribution in [2.45, 2.75) is 24.8 Å². The Morgan fingerprint density at radius 3 is 2.50 bits per heavy atom. The second-order valence-electron chi connectivity index (χ2n) is 5.65. The van der Waals surface area contributed by atoms with Gasteiger partial charge in [0, 0.05) is 12.6 Å². The van der Waals surface area contributed by atoms with Crippen LogP contribution in [-0.2, 0) is 14.8 Å². The van der Waals surface area contributed by atoms with E-state index >= 15 is 0 Å². The van der Waals surface area contributed by atoms with E-state index in [1.54, 1.807) is 43.3 Å². The standard InChI is InChI=1S/C18H19FN2O4S/c1-13(21(23)14(2)22)6-7-15-4-3-5-17(12-15)20-26(24,25)18-10-8-16(19)9-11-18/h3-13,20,23H,1-2H3/b7-6+. The summed E-state index contributed by atoms with van der Waals surface area (Å²) in [4.78, 5) is 11.1. The summed E-state index contributed by atoms with van der Waals surface area (Å²) in [5.74, 6) is -1.00. The topological polar surface area (TPSA) is 86.7 Å². The molecule has 0 aromatic heterocycles. The summed E-state index contributed by atoms with van der Waals surface area (Å²) >= 11 is 0. The van der Waals surface area contributed by atoms with Crippen LogP contribution in [0.3, 0.4) is 0 Å². The third kappa shape index (κ3) is 5.14. The molecule has 2 rings (SSSR count). The maximum atomic E-state index is 12.9. The van der Waals surface area contributed by atoms with Gasteiger partial charge in [0.2, 0.25) is 5.91 Å². The highest BCUT2D eigenvalue weighted by atomic mass is 32.2. The summed E-state index contributed by atoms with van der Waals surface area (Å²) in [6.45, 7) is 2.88. The van der Waals surface area contributed by atoms with Crippen LogP contribution in [0.4, 0.5) is 10.1 Å². The molecule has 0 radical (unpaired) electrons. The number of hydrogen-bond acceptors (Lipinski definition) is 4. The minimum Gasteiger partial charge on any atom is -0.285 e. The first-order valence-electron chi connectivity index (χ1n) is 7.74.